The van der Waals surface area contributed by atoms with Gasteiger partial charge in [-0.15, -0.1) is 0 Å². The summed E-state index contributed by atoms with van der Waals surface area (Å²) >= 11 is 3.54. The molecule has 1 aromatic rings. The van der Waals surface area contributed by atoms with Gasteiger partial charge in [0.1, 0.15) is 5.78 Å². The predicted octanol–water partition coefficient (Wildman–Crippen LogP) is 4.16. The van der Waals surface area contributed by atoms with Gasteiger partial charge >= 0.3 is 0 Å². The van der Waals surface area contributed by atoms with Crippen molar-refractivity contribution in [3.63, 3.8) is 0 Å². The zero-order valence-electron chi connectivity index (χ0n) is 12.9. The van der Waals surface area contributed by atoms with E-state index in [-0.39, 0.29) is 11.2 Å². The van der Waals surface area contributed by atoms with E-state index in [2.05, 4.69) is 48.7 Å². The Morgan fingerprint density at radius 2 is 2.00 bits per heavy atom. The number of rotatable bonds is 5. The Morgan fingerprint density at radius 3 is 2.47 bits per heavy atom. The zero-order valence-corrected chi connectivity index (χ0v) is 14.5. The number of aryl methyl sites for hydroxylation is 2. The van der Waals surface area contributed by atoms with Gasteiger partial charge in [0, 0.05) is 19.4 Å². The fourth-order valence-corrected chi connectivity index (χ4v) is 2.37. The Labute approximate surface area is 124 Å². The van der Waals surface area contributed by atoms with Gasteiger partial charge in [-0.3, -0.25) is 9.48 Å². The first-order valence-electron chi connectivity index (χ1n) is 6.90. The molecule has 0 bridgehead atoms. The molecule has 0 radical (unpaired) electrons. The highest BCUT2D eigenvalue weighted by Crippen LogP contribution is 2.29. The minimum atomic E-state index is 0.174. The number of ketones is 1. The molecule has 0 aliphatic carbocycles. The first-order valence-corrected chi connectivity index (χ1v) is 7.69. The normalized spacial score (nSPS) is 13.6. The molecule has 1 rings (SSSR count). The Kier molecular flexibility index (Phi) is 5.36. The third-order valence-electron chi connectivity index (χ3n) is 3.83. The van der Waals surface area contributed by atoms with Crippen molar-refractivity contribution >= 4 is 21.7 Å². The van der Waals surface area contributed by atoms with E-state index in [1.807, 2.05) is 18.5 Å². The topological polar surface area (TPSA) is 34.9 Å². The van der Waals surface area contributed by atoms with Crippen LogP contribution in [0.25, 0.3) is 0 Å². The standard InChI is InChI=1S/C15H25BrN2O/c1-7-18-13(14(16)11(3)17-18)9-12(19)8-10(2)15(4,5)6/h10H,7-9H2,1-6H3. The fraction of sp³-hybridized carbons (Fsp3) is 0.733. The molecule has 4 heteroatoms. The van der Waals surface area contributed by atoms with E-state index >= 15 is 0 Å². The molecule has 0 saturated carbocycles. The second-order valence-corrected chi connectivity index (χ2v) is 7.14. The van der Waals surface area contributed by atoms with Crippen molar-refractivity contribution in [1.82, 2.24) is 9.78 Å². The number of Topliss-reactive ketones (excluding diaryl/α,β-unsaturated/α-hetero) is 1. The quantitative estimate of drug-likeness (QED) is 0.813. The van der Waals surface area contributed by atoms with Crippen LogP contribution in [0.4, 0.5) is 0 Å². The van der Waals surface area contributed by atoms with Crippen LogP contribution in [0.2, 0.25) is 0 Å². The maximum absolute atomic E-state index is 12.2. The maximum Gasteiger partial charge on any atom is 0.139 e. The first-order chi connectivity index (χ1) is 8.66. The number of carbonyl (C=O) groups is 1. The van der Waals surface area contributed by atoms with Crippen molar-refractivity contribution in [3.05, 3.63) is 15.9 Å². The molecule has 0 saturated heterocycles. The number of aromatic nitrogens is 2. The molecule has 0 aromatic carbocycles. The average Bonchev–Trinajstić information content (AvgIpc) is 2.55. The highest BCUT2D eigenvalue weighted by Gasteiger charge is 2.24. The van der Waals surface area contributed by atoms with Gasteiger partial charge in [0.05, 0.1) is 15.9 Å². The molecule has 19 heavy (non-hydrogen) atoms. The summed E-state index contributed by atoms with van der Waals surface area (Å²) in [5.41, 5.74) is 2.13. The highest BCUT2D eigenvalue weighted by molar-refractivity contribution is 9.10. The number of hydrogen-bond acceptors (Lipinski definition) is 2. The van der Waals surface area contributed by atoms with Gasteiger partial charge in [0.15, 0.2) is 0 Å². The van der Waals surface area contributed by atoms with Crippen molar-refractivity contribution in [1.29, 1.82) is 0 Å². The van der Waals surface area contributed by atoms with E-state index in [0.29, 0.717) is 18.8 Å². The molecule has 3 nitrogen and oxygen atoms in total. The van der Waals surface area contributed by atoms with Gasteiger partial charge < -0.3 is 0 Å². The van der Waals surface area contributed by atoms with Crippen molar-refractivity contribution in [2.45, 2.75) is 60.9 Å². The molecule has 1 aromatic heterocycles. The average molecular weight is 329 g/mol. The summed E-state index contributed by atoms with van der Waals surface area (Å²) < 4.78 is 2.89. The highest BCUT2D eigenvalue weighted by atomic mass is 79.9. The van der Waals surface area contributed by atoms with Gasteiger partial charge in [-0.1, -0.05) is 27.7 Å². The van der Waals surface area contributed by atoms with Crippen LogP contribution in [-0.2, 0) is 17.8 Å². The van der Waals surface area contributed by atoms with Crippen LogP contribution in [-0.4, -0.2) is 15.6 Å². The van der Waals surface area contributed by atoms with E-state index in [4.69, 9.17) is 0 Å². The maximum atomic E-state index is 12.2. The summed E-state index contributed by atoms with van der Waals surface area (Å²) in [7, 11) is 0. The lowest BCUT2D eigenvalue weighted by Gasteiger charge is -2.26. The Bertz CT molecular complexity index is 457. The lowest BCUT2D eigenvalue weighted by Crippen LogP contribution is -2.22. The number of hydrogen-bond donors (Lipinski definition) is 0. The summed E-state index contributed by atoms with van der Waals surface area (Å²) in [4.78, 5) is 12.2. The minimum Gasteiger partial charge on any atom is -0.299 e. The number of halogens is 1. The van der Waals surface area contributed by atoms with Gasteiger partial charge in [-0.05, 0) is 41.1 Å². The van der Waals surface area contributed by atoms with Crippen LogP contribution in [0, 0.1) is 18.3 Å². The first kappa shape index (κ1) is 16.4. The molecule has 1 atom stereocenters. The third-order valence-corrected chi connectivity index (χ3v) is 4.86. The van der Waals surface area contributed by atoms with Gasteiger partial charge in [-0.2, -0.15) is 5.10 Å². The lowest BCUT2D eigenvalue weighted by molar-refractivity contribution is -0.120. The van der Waals surface area contributed by atoms with E-state index in [0.717, 1.165) is 22.4 Å². The Hall–Kier alpha value is -0.640. The summed E-state index contributed by atoms with van der Waals surface area (Å²) in [5.74, 6) is 0.676. The fourth-order valence-electron chi connectivity index (χ4n) is 1.94. The third kappa shape index (κ3) is 4.16. The Morgan fingerprint density at radius 1 is 1.42 bits per heavy atom. The molecular weight excluding hydrogens is 304 g/mol. The van der Waals surface area contributed by atoms with Crippen LogP contribution in [0.5, 0.6) is 0 Å². The molecule has 1 heterocycles. The zero-order chi connectivity index (χ0) is 14.8. The molecule has 108 valence electrons. The monoisotopic (exact) mass is 328 g/mol. The number of nitrogens with zero attached hydrogens (tertiary/aromatic N) is 2. The summed E-state index contributed by atoms with van der Waals surface area (Å²) in [5, 5.41) is 4.43. The lowest BCUT2D eigenvalue weighted by atomic mass is 9.79. The van der Waals surface area contributed by atoms with E-state index < -0.39 is 0 Å². The molecule has 0 aliphatic heterocycles. The molecule has 0 spiro atoms. The smallest absolute Gasteiger partial charge is 0.139 e. The second-order valence-electron chi connectivity index (χ2n) is 6.35. The number of carbonyl (C=O) groups excluding carboxylic acids is 1. The largest absolute Gasteiger partial charge is 0.299 e. The molecule has 0 N–H and O–H groups in total. The minimum absolute atomic E-state index is 0.174. The predicted molar refractivity (Wildman–Crippen MR) is 82.3 cm³/mol. The van der Waals surface area contributed by atoms with Crippen molar-refractivity contribution in [2.24, 2.45) is 11.3 Å². The Balaban J connectivity index is 2.78. The molecule has 1 unspecified atom stereocenters. The summed E-state index contributed by atoms with van der Waals surface area (Å²) in [6.07, 6.45) is 1.10. The SMILES string of the molecule is CCn1nc(C)c(Br)c1CC(=O)CC(C)C(C)(C)C. The van der Waals surface area contributed by atoms with Gasteiger partial charge in [0.25, 0.3) is 0 Å². The molecule has 0 amide bonds. The van der Waals surface area contributed by atoms with Gasteiger partial charge in [0.2, 0.25) is 0 Å². The van der Waals surface area contributed by atoms with E-state index in [1.54, 1.807) is 0 Å². The van der Waals surface area contributed by atoms with E-state index in [9.17, 15) is 4.79 Å². The second kappa shape index (κ2) is 6.21. The summed E-state index contributed by atoms with van der Waals surface area (Å²) in [6.45, 7) is 13.5. The van der Waals surface area contributed by atoms with Crippen LogP contribution in [0.3, 0.4) is 0 Å². The van der Waals surface area contributed by atoms with Crippen molar-refractivity contribution in [3.8, 4) is 0 Å². The summed E-state index contributed by atoms with van der Waals surface area (Å²) in [6, 6.07) is 0. The molecule has 0 fully saturated rings. The van der Waals surface area contributed by atoms with Crippen molar-refractivity contribution in [2.75, 3.05) is 0 Å². The van der Waals surface area contributed by atoms with Gasteiger partial charge in [-0.25, -0.2) is 0 Å². The van der Waals surface area contributed by atoms with Crippen molar-refractivity contribution < 1.29 is 4.79 Å². The molecule has 0 aliphatic rings. The van der Waals surface area contributed by atoms with Crippen LogP contribution in [0.1, 0.15) is 52.4 Å². The van der Waals surface area contributed by atoms with Crippen LogP contribution < -0.4 is 0 Å². The van der Waals surface area contributed by atoms with E-state index in [1.165, 1.54) is 0 Å². The van der Waals surface area contributed by atoms with Crippen LogP contribution in [0.15, 0.2) is 4.47 Å². The molecular formula is C15H25BrN2O. The van der Waals surface area contributed by atoms with Crippen LogP contribution >= 0.6 is 15.9 Å².